The van der Waals surface area contributed by atoms with E-state index in [9.17, 15) is 4.79 Å². The maximum Gasteiger partial charge on any atom is 0.252 e. The van der Waals surface area contributed by atoms with Gasteiger partial charge in [0.2, 0.25) is 0 Å². The second-order valence-electron chi connectivity index (χ2n) is 3.63. The zero-order chi connectivity index (χ0) is 11.2. The summed E-state index contributed by atoms with van der Waals surface area (Å²) in [5.74, 6) is -0.0390. The van der Waals surface area contributed by atoms with Gasteiger partial charge in [0, 0.05) is 7.05 Å². The van der Waals surface area contributed by atoms with Crippen LogP contribution in [0.5, 0.6) is 0 Å². The van der Waals surface area contributed by atoms with Crippen LogP contribution in [-0.2, 0) is 4.79 Å². The van der Waals surface area contributed by atoms with Crippen molar-refractivity contribution in [2.24, 2.45) is 0 Å². The van der Waals surface area contributed by atoms with Gasteiger partial charge in [-0.05, 0) is 20.8 Å². The molecule has 0 aliphatic heterocycles. The topological polar surface area (TPSA) is 29.1 Å². The van der Waals surface area contributed by atoms with Crippen LogP contribution in [0.2, 0.25) is 0 Å². The number of rotatable bonds is 6. The van der Waals surface area contributed by atoms with Crippen LogP contribution in [0.1, 0.15) is 20.8 Å². The molecule has 0 bridgehead atoms. The smallest absolute Gasteiger partial charge is 0.252 e. The van der Waals surface area contributed by atoms with Crippen molar-refractivity contribution in [1.82, 2.24) is 5.32 Å². The first kappa shape index (κ1) is 13.2. The molecule has 3 heteroatoms. The van der Waals surface area contributed by atoms with Crippen LogP contribution < -0.4 is 5.32 Å². The van der Waals surface area contributed by atoms with Crippen molar-refractivity contribution in [2.75, 3.05) is 33.2 Å². The number of hydrogen-bond acceptors (Lipinski definition) is 1. The molecule has 0 atom stereocenters. The molecule has 1 N–H and O–H groups in total. The molecule has 14 heavy (non-hydrogen) atoms. The minimum Gasteiger partial charge on any atom is -0.355 e. The maximum absolute atomic E-state index is 11.3. The summed E-state index contributed by atoms with van der Waals surface area (Å²) >= 11 is 0. The molecule has 0 saturated carbocycles. The summed E-state index contributed by atoms with van der Waals surface area (Å²) in [5, 5.41) is 2.61. The number of nitrogens with one attached hydrogen (secondary N) is 1. The Morgan fingerprint density at radius 3 is 1.93 bits per heavy atom. The molecule has 0 aliphatic carbocycles. The average molecular weight is 199 g/mol. The number of quaternary nitrogens is 1. The first-order valence-corrected chi connectivity index (χ1v) is 5.30. The first-order valence-electron chi connectivity index (χ1n) is 5.30. The largest absolute Gasteiger partial charge is 0.355 e. The molecule has 1 amide bonds. The average Bonchev–Trinajstić information content (AvgIpc) is 2.24. The third-order valence-electron chi connectivity index (χ3n) is 3.09. The van der Waals surface area contributed by atoms with Crippen LogP contribution in [0.3, 0.4) is 0 Å². The molecule has 0 fully saturated rings. The summed E-state index contributed by atoms with van der Waals surface area (Å²) in [6.45, 7) is 14.2. The molecule has 3 nitrogen and oxygen atoms in total. The third kappa shape index (κ3) is 3.14. The summed E-state index contributed by atoms with van der Waals surface area (Å²) in [6.07, 6.45) is 0. The second-order valence-corrected chi connectivity index (χ2v) is 3.63. The lowest BCUT2D eigenvalue weighted by atomic mass is 10.2. The summed E-state index contributed by atoms with van der Waals surface area (Å²) in [7, 11) is 1.64. The van der Waals surface area contributed by atoms with E-state index in [0.29, 0.717) is 5.57 Å². The molecule has 0 radical (unpaired) electrons. The van der Waals surface area contributed by atoms with Gasteiger partial charge in [0.25, 0.3) is 5.91 Å². The maximum atomic E-state index is 11.3. The Hall–Kier alpha value is -0.830. The van der Waals surface area contributed by atoms with E-state index in [-0.39, 0.29) is 5.91 Å². The highest BCUT2D eigenvalue weighted by atomic mass is 16.1. The van der Waals surface area contributed by atoms with E-state index in [2.05, 4.69) is 32.7 Å². The Morgan fingerprint density at radius 2 is 1.64 bits per heavy atom. The van der Waals surface area contributed by atoms with Crippen LogP contribution in [0, 0.1) is 0 Å². The lowest BCUT2D eigenvalue weighted by molar-refractivity contribution is -0.918. The third-order valence-corrected chi connectivity index (χ3v) is 3.09. The Balaban J connectivity index is 4.44. The lowest BCUT2D eigenvalue weighted by Gasteiger charge is -2.36. The van der Waals surface area contributed by atoms with Gasteiger partial charge >= 0.3 is 0 Å². The highest BCUT2D eigenvalue weighted by molar-refractivity contribution is 5.92. The van der Waals surface area contributed by atoms with Gasteiger partial charge in [-0.3, -0.25) is 4.79 Å². The predicted octanol–water partition coefficient (Wildman–Crippen LogP) is 1.17. The lowest BCUT2D eigenvalue weighted by Crippen LogP contribution is -2.50. The fraction of sp³-hybridized carbons (Fsp3) is 0.727. The van der Waals surface area contributed by atoms with Crippen LogP contribution >= 0.6 is 0 Å². The number of carbonyl (C=O) groups is 1. The zero-order valence-corrected chi connectivity index (χ0v) is 9.89. The second kappa shape index (κ2) is 5.81. The Labute approximate surface area is 87.4 Å². The Morgan fingerprint density at radius 1 is 1.21 bits per heavy atom. The molecular weight excluding hydrogens is 176 g/mol. The molecule has 0 saturated heterocycles. The van der Waals surface area contributed by atoms with Crippen LogP contribution in [0.15, 0.2) is 12.2 Å². The summed E-state index contributed by atoms with van der Waals surface area (Å²) in [5.41, 5.74) is 0.679. The van der Waals surface area contributed by atoms with Gasteiger partial charge in [0.05, 0.1) is 25.2 Å². The number of nitrogens with zero attached hydrogens (tertiary/aromatic N) is 1. The van der Waals surface area contributed by atoms with Crippen LogP contribution in [0.25, 0.3) is 0 Å². The van der Waals surface area contributed by atoms with Gasteiger partial charge in [-0.15, -0.1) is 0 Å². The van der Waals surface area contributed by atoms with E-state index in [0.717, 1.165) is 30.7 Å². The minimum absolute atomic E-state index is 0.0390. The monoisotopic (exact) mass is 199 g/mol. The molecular formula is C11H23N2O+. The van der Waals surface area contributed by atoms with Gasteiger partial charge in [-0.1, -0.05) is 6.58 Å². The standard InChI is InChI=1S/C11H22N2O/c1-6-13(7-2,8-3)9-10(4)11(14)12-5/h4,6-9H2,1-3,5H3/p+1. The summed E-state index contributed by atoms with van der Waals surface area (Å²) in [4.78, 5) is 11.3. The van der Waals surface area contributed by atoms with Crippen molar-refractivity contribution < 1.29 is 9.28 Å². The SMILES string of the molecule is C=C(C[N+](CC)(CC)CC)C(=O)NC. The number of likely N-dealkylation sites (N-methyl/N-ethyl adjacent to an activating group) is 2. The molecule has 0 aromatic rings. The fourth-order valence-electron chi connectivity index (χ4n) is 1.66. The van der Waals surface area contributed by atoms with Crippen molar-refractivity contribution in [3.8, 4) is 0 Å². The van der Waals surface area contributed by atoms with Crippen molar-refractivity contribution in [1.29, 1.82) is 0 Å². The fourth-order valence-corrected chi connectivity index (χ4v) is 1.66. The van der Waals surface area contributed by atoms with Crippen molar-refractivity contribution >= 4 is 5.91 Å². The van der Waals surface area contributed by atoms with Crippen molar-refractivity contribution in [2.45, 2.75) is 20.8 Å². The van der Waals surface area contributed by atoms with Gasteiger partial charge in [-0.25, -0.2) is 0 Å². The minimum atomic E-state index is -0.0390. The number of carbonyl (C=O) groups excluding carboxylic acids is 1. The van der Waals surface area contributed by atoms with E-state index in [1.54, 1.807) is 7.05 Å². The Kier molecular flexibility index (Phi) is 5.46. The van der Waals surface area contributed by atoms with E-state index >= 15 is 0 Å². The van der Waals surface area contributed by atoms with Gasteiger partial charge in [-0.2, -0.15) is 0 Å². The highest BCUT2D eigenvalue weighted by Crippen LogP contribution is 2.09. The predicted molar refractivity (Wildman–Crippen MR) is 60.0 cm³/mol. The van der Waals surface area contributed by atoms with E-state index in [1.807, 2.05) is 0 Å². The Bertz CT molecular complexity index is 199. The van der Waals surface area contributed by atoms with Gasteiger partial charge in [0.1, 0.15) is 6.54 Å². The van der Waals surface area contributed by atoms with E-state index < -0.39 is 0 Å². The summed E-state index contributed by atoms with van der Waals surface area (Å²) in [6, 6.07) is 0. The molecule has 82 valence electrons. The zero-order valence-electron chi connectivity index (χ0n) is 9.89. The van der Waals surface area contributed by atoms with Crippen molar-refractivity contribution in [3.63, 3.8) is 0 Å². The molecule has 0 spiro atoms. The molecule has 0 aliphatic rings. The quantitative estimate of drug-likeness (QED) is 0.505. The normalized spacial score (nSPS) is 11.1. The first-order chi connectivity index (χ1) is 6.55. The van der Waals surface area contributed by atoms with Crippen LogP contribution in [-0.4, -0.2) is 43.6 Å². The van der Waals surface area contributed by atoms with Crippen molar-refractivity contribution in [3.05, 3.63) is 12.2 Å². The van der Waals surface area contributed by atoms with E-state index in [4.69, 9.17) is 0 Å². The number of amides is 1. The molecule has 0 aromatic carbocycles. The number of hydrogen-bond donors (Lipinski definition) is 1. The molecule has 0 rings (SSSR count). The van der Waals surface area contributed by atoms with Gasteiger partial charge < -0.3 is 9.80 Å². The van der Waals surface area contributed by atoms with Crippen LogP contribution in [0.4, 0.5) is 0 Å². The van der Waals surface area contributed by atoms with Gasteiger partial charge in [0.15, 0.2) is 0 Å². The highest BCUT2D eigenvalue weighted by Gasteiger charge is 2.23. The van der Waals surface area contributed by atoms with E-state index in [1.165, 1.54) is 0 Å². The summed E-state index contributed by atoms with van der Waals surface area (Å²) < 4.78 is 0.937. The molecule has 0 aromatic heterocycles. The molecule has 0 heterocycles. The molecule has 0 unspecified atom stereocenters.